The molecule has 0 atom stereocenters. The third kappa shape index (κ3) is 5.38. The molecule has 0 aliphatic carbocycles. The van der Waals surface area contributed by atoms with Crippen molar-refractivity contribution in [3.8, 4) is 0 Å². The quantitative estimate of drug-likeness (QED) is 0.840. The maximum Gasteiger partial charge on any atom is 0.255 e. The molecule has 1 heterocycles. The van der Waals surface area contributed by atoms with Crippen molar-refractivity contribution in [3.05, 3.63) is 65.2 Å². The Morgan fingerprint density at radius 1 is 1.16 bits per heavy atom. The van der Waals surface area contributed by atoms with Gasteiger partial charge in [0.05, 0.1) is 11.1 Å². The molecule has 0 bridgehead atoms. The predicted molar refractivity (Wildman–Crippen MR) is 93.7 cm³/mol. The number of benzene rings is 1. The van der Waals surface area contributed by atoms with Gasteiger partial charge in [-0.15, -0.1) is 0 Å². The van der Waals surface area contributed by atoms with E-state index in [2.05, 4.69) is 17.2 Å². The summed E-state index contributed by atoms with van der Waals surface area (Å²) in [7, 11) is 1.74. The average Bonchev–Trinajstić information content (AvgIpc) is 2.64. The van der Waals surface area contributed by atoms with E-state index in [1.165, 1.54) is 30.6 Å². The van der Waals surface area contributed by atoms with E-state index in [9.17, 15) is 14.0 Å². The Hall–Kier alpha value is -2.76. The zero-order valence-corrected chi connectivity index (χ0v) is 14.5. The standard InChI is InChI=1S/C19H22FN3O2/c1-3-4-9-23(2)19(25)16-10-15(12-21-13-16)18(24)22-11-14-5-7-17(20)8-6-14/h5-8,10,12-13H,3-4,9,11H2,1-2H3,(H,22,24). The van der Waals surface area contributed by atoms with E-state index in [0.29, 0.717) is 17.7 Å². The lowest BCUT2D eigenvalue weighted by Crippen LogP contribution is -2.28. The van der Waals surface area contributed by atoms with Gasteiger partial charge in [-0.1, -0.05) is 25.5 Å². The van der Waals surface area contributed by atoms with E-state index in [-0.39, 0.29) is 24.2 Å². The third-order valence-corrected chi connectivity index (χ3v) is 3.81. The molecule has 132 valence electrons. The van der Waals surface area contributed by atoms with Crippen LogP contribution in [0.4, 0.5) is 4.39 Å². The van der Waals surface area contributed by atoms with Crippen molar-refractivity contribution in [1.82, 2.24) is 15.2 Å². The molecule has 1 aromatic heterocycles. The normalized spacial score (nSPS) is 10.4. The summed E-state index contributed by atoms with van der Waals surface area (Å²) in [6.07, 6.45) is 4.81. The number of rotatable bonds is 7. The molecule has 2 amide bonds. The molecule has 5 nitrogen and oxygen atoms in total. The second-order valence-corrected chi connectivity index (χ2v) is 5.85. The largest absolute Gasteiger partial charge is 0.348 e. The van der Waals surface area contributed by atoms with Crippen LogP contribution in [0.15, 0.2) is 42.7 Å². The summed E-state index contributed by atoms with van der Waals surface area (Å²) in [5.74, 6) is -0.811. The molecule has 2 aromatic rings. The molecule has 6 heteroatoms. The van der Waals surface area contributed by atoms with Gasteiger partial charge < -0.3 is 10.2 Å². The molecule has 0 saturated carbocycles. The molecular weight excluding hydrogens is 321 g/mol. The monoisotopic (exact) mass is 343 g/mol. The molecule has 0 radical (unpaired) electrons. The number of hydrogen-bond acceptors (Lipinski definition) is 3. The summed E-state index contributed by atoms with van der Waals surface area (Å²) in [6.45, 7) is 3.00. The zero-order chi connectivity index (χ0) is 18.2. The van der Waals surface area contributed by atoms with Gasteiger partial charge in [0.25, 0.3) is 11.8 Å². The number of aromatic nitrogens is 1. The second kappa shape index (κ2) is 8.92. The molecule has 1 N–H and O–H groups in total. The number of hydrogen-bond donors (Lipinski definition) is 1. The molecule has 0 spiro atoms. The van der Waals surface area contributed by atoms with Crippen LogP contribution in [-0.4, -0.2) is 35.3 Å². The molecule has 2 rings (SSSR count). The number of pyridine rings is 1. The molecular formula is C19H22FN3O2. The number of nitrogens with zero attached hydrogens (tertiary/aromatic N) is 2. The minimum Gasteiger partial charge on any atom is -0.348 e. The predicted octanol–water partition coefficient (Wildman–Crippen LogP) is 3.02. The number of nitrogens with one attached hydrogen (secondary N) is 1. The first-order valence-corrected chi connectivity index (χ1v) is 8.24. The van der Waals surface area contributed by atoms with Gasteiger partial charge in [0.15, 0.2) is 0 Å². The Morgan fingerprint density at radius 2 is 1.84 bits per heavy atom. The number of carbonyl (C=O) groups is 2. The van der Waals surface area contributed by atoms with Crippen LogP contribution >= 0.6 is 0 Å². The lowest BCUT2D eigenvalue weighted by Gasteiger charge is -2.16. The Balaban J connectivity index is 2.00. The Morgan fingerprint density at radius 3 is 2.52 bits per heavy atom. The van der Waals surface area contributed by atoms with Crippen molar-refractivity contribution in [1.29, 1.82) is 0 Å². The van der Waals surface area contributed by atoms with Crippen molar-refractivity contribution in [3.63, 3.8) is 0 Å². The van der Waals surface area contributed by atoms with Crippen LogP contribution in [0.5, 0.6) is 0 Å². The van der Waals surface area contributed by atoms with Crippen molar-refractivity contribution < 1.29 is 14.0 Å². The summed E-state index contributed by atoms with van der Waals surface area (Å²) in [4.78, 5) is 30.2. The van der Waals surface area contributed by atoms with E-state index in [1.807, 2.05) is 0 Å². The molecule has 0 fully saturated rings. The zero-order valence-electron chi connectivity index (χ0n) is 14.5. The molecule has 0 aliphatic rings. The minimum absolute atomic E-state index is 0.158. The van der Waals surface area contributed by atoms with Crippen LogP contribution in [0.1, 0.15) is 46.0 Å². The van der Waals surface area contributed by atoms with Gasteiger partial charge in [-0.05, 0) is 30.2 Å². The molecule has 25 heavy (non-hydrogen) atoms. The van der Waals surface area contributed by atoms with E-state index >= 15 is 0 Å². The van der Waals surface area contributed by atoms with Gasteiger partial charge >= 0.3 is 0 Å². The van der Waals surface area contributed by atoms with Crippen LogP contribution in [0, 0.1) is 5.82 Å². The van der Waals surface area contributed by atoms with E-state index < -0.39 is 0 Å². The molecule has 1 aromatic carbocycles. The Bertz CT molecular complexity index is 732. The van der Waals surface area contributed by atoms with Crippen LogP contribution in [0.2, 0.25) is 0 Å². The van der Waals surface area contributed by atoms with Gasteiger partial charge in [-0.2, -0.15) is 0 Å². The highest BCUT2D eigenvalue weighted by Crippen LogP contribution is 2.08. The Kier molecular flexibility index (Phi) is 6.62. The summed E-state index contributed by atoms with van der Waals surface area (Å²) in [6, 6.07) is 7.44. The van der Waals surface area contributed by atoms with Crippen molar-refractivity contribution in [2.75, 3.05) is 13.6 Å². The van der Waals surface area contributed by atoms with Gasteiger partial charge in [-0.3, -0.25) is 14.6 Å². The van der Waals surface area contributed by atoms with Gasteiger partial charge in [-0.25, -0.2) is 4.39 Å². The number of halogens is 1. The lowest BCUT2D eigenvalue weighted by molar-refractivity contribution is 0.0793. The van der Waals surface area contributed by atoms with Crippen LogP contribution < -0.4 is 5.32 Å². The topological polar surface area (TPSA) is 62.3 Å². The van der Waals surface area contributed by atoms with Gasteiger partial charge in [0.2, 0.25) is 0 Å². The smallest absolute Gasteiger partial charge is 0.255 e. The first-order chi connectivity index (χ1) is 12.0. The fourth-order valence-corrected chi connectivity index (χ4v) is 2.28. The molecule has 0 unspecified atom stereocenters. The van der Waals surface area contributed by atoms with Crippen LogP contribution in [-0.2, 0) is 6.54 Å². The first-order valence-electron chi connectivity index (χ1n) is 8.24. The highest BCUT2D eigenvalue weighted by atomic mass is 19.1. The number of carbonyl (C=O) groups excluding carboxylic acids is 2. The second-order valence-electron chi connectivity index (χ2n) is 5.85. The first kappa shape index (κ1) is 18.6. The van der Waals surface area contributed by atoms with Crippen molar-refractivity contribution in [2.45, 2.75) is 26.3 Å². The Labute approximate surface area is 146 Å². The summed E-state index contributed by atoms with van der Waals surface area (Å²) >= 11 is 0. The van der Waals surface area contributed by atoms with E-state index in [0.717, 1.165) is 18.4 Å². The van der Waals surface area contributed by atoms with Crippen LogP contribution in [0.25, 0.3) is 0 Å². The maximum atomic E-state index is 12.9. The summed E-state index contributed by atoms with van der Waals surface area (Å²) in [5.41, 5.74) is 1.49. The van der Waals surface area contributed by atoms with Gasteiger partial charge in [0.1, 0.15) is 5.82 Å². The highest BCUT2D eigenvalue weighted by Gasteiger charge is 2.14. The minimum atomic E-state index is -0.331. The molecule has 0 aliphatic heterocycles. The molecule has 0 saturated heterocycles. The van der Waals surface area contributed by atoms with Gasteiger partial charge in [0, 0.05) is 32.5 Å². The van der Waals surface area contributed by atoms with Crippen molar-refractivity contribution >= 4 is 11.8 Å². The number of unbranched alkanes of at least 4 members (excludes halogenated alkanes) is 1. The summed E-state index contributed by atoms with van der Waals surface area (Å²) in [5, 5.41) is 2.74. The van der Waals surface area contributed by atoms with Crippen LogP contribution in [0.3, 0.4) is 0 Å². The van der Waals surface area contributed by atoms with Crippen molar-refractivity contribution in [2.24, 2.45) is 0 Å². The average molecular weight is 343 g/mol. The maximum absolute atomic E-state index is 12.9. The van der Waals surface area contributed by atoms with E-state index in [1.54, 1.807) is 24.1 Å². The highest BCUT2D eigenvalue weighted by molar-refractivity contribution is 5.99. The SMILES string of the molecule is CCCCN(C)C(=O)c1cncc(C(=O)NCc2ccc(F)cc2)c1. The fourth-order valence-electron chi connectivity index (χ4n) is 2.28. The van der Waals surface area contributed by atoms with E-state index in [4.69, 9.17) is 0 Å². The summed E-state index contributed by atoms with van der Waals surface area (Å²) < 4.78 is 12.9. The third-order valence-electron chi connectivity index (χ3n) is 3.81. The number of amides is 2. The fraction of sp³-hybridized carbons (Fsp3) is 0.316. The lowest BCUT2D eigenvalue weighted by atomic mass is 10.1.